The Kier molecular flexibility index (Phi) is 4.72. The summed E-state index contributed by atoms with van der Waals surface area (Å²) in [7, 11) is 0. The predicted octanol–water partition coefficient (Wildman–Crippen LogP) is 3.07. The van der Waals surface area contributed by atoms with E-state index in [9.17, 15) is 4.79 Å². The summed E-state index contributed by atoms with van der Waals surface area (Å²) < 4.78 is 5.15. The van der Waals surface area contributed by atoms with Crippen LogP contribution in [0, 0.1) is 0 Å². The molecule has 17 heavy (non-hydrogen) atoms. The van der Waals surface area contributed by atoms with E-state index >= 15 is 0 Å². The molecule has 1 rings (SSSR count). The van der Waals surface area contributed by atoms with Gasteiger partial charge in [-0.2, -0.15) is 0 Å². The zero-order valence-electron chi connectivity index (χ0n) is 10.3. The second-order valence-corrected chi connectivity index (χ2v) is 5.42. The van der Waals surface area contributed by atoms with E-state index in [4.69, 9.17) is 10.5 Å². The molecule has 1 heterocycles. The second-order valence-electron chi connectivity index (χ2n) is 4.51. The molecule has 0 saturated carbocycles. The number of carbonyl (C=O) groups excluding carboxylic acids is 1. The van der Waals surface area contributed by atoms with Crippen LogP contribution in [-0.4, -0.2) is 18.2 Å². The van der Waals surface area contributed by atoms with Gasteiger partial charge in [0.15, 0.2) is 0 Å². The van der Waals surface area contributed by atoms with E-state index in [2.05, 4.69) is 5.32 Å². The van der Waals surface area contributed by atoms with E-state index in [1.54, 1.807) is 0 Å². The molecular formula is C12H18N2O2S. The Hall–Kier alpha value is -1.33. The van der Waals surface area contributed by atoms with Gasteiger partial charge in [-0.05, 0) is 32.4 Å². The van der Waals surface area contributed by atoms with Gasteiger partial charge >= 0.3 is 6.09 Å². The highest BCUT2D eigenvalue weighted by Gasteiger charge is 2.16. The lowest BCUT2D eigenvalue weighted by Gasteiger charge is -2.19. The summed E-state index contributed by atoms with van der Waals surface area (Å²) >= 11 is 1.45. The molecule has 94 valence electrons. The summed E-state index contributed by atoms with van der Waals surface area (Å²) in [5.41, 5.74) is 5.90. The first-order valence-corrected chi connectivity index (χ1v) is 6.24. The van der Waals surface area contributed by atoms with Crippen molar-refractivity contribution in [2.45, 2.75) is 26.4 Å². The minimum Gasteiger partial charge on any atom is -0.444 e. The zero-order valence-corrected chi connectivity index (χ0v) is 11.1. The fourth-order valence-electron chi connectivity index (χ4n) is 1.11. The SMILES string of the molecule is CC(C)(C)OC(=O)Nc1cc(C=CCN)cs1. The van der Waals surface area contributed by atoms with Crippen LogP contribution in [0.15, 0.2) is 17.5 Å². The third-order valence-corrected chi connectivity index (χ3v) is 2.55. The molecule has 0 unspecified atom stereocenters. The Morgan fingerprint density at radius 1 is 1.59 bits per heavy atom. The van der Waals surface area contributed by atoms with E-state index in [1.165, 1.54) is 11.3 Å². The number of anilines is 1. The van der Waals surface area contributed by atoms with Gasteiger partial charge in [0.05, 0.1) is 5.00 Å². The highest BCUT2D eigenvalue weighted by atomic mass is 32.1. The maximum atomic E-state index is 11.5. The van der Waals surface area contributed by atoms with E-state index in [0.29, 0.717) is 6.54 Å². The summed E-state index contributed by atoms with van der Waals surface area (Å²) in [5, 5.41) is 5.39. The van der Waals surface area contributed by atoms with Gasteiger partial charge in [0.25, 0.3) is 0 Å². The molecule has 5 heteroatoms. The van der Waals surface area contributed by atoms with Gasteiger partial charge in [-0.15, -0.1) is 11.3 Å². The number of amides is 1. The van der Waals surface area contributed by atoms with Crippen LogP contribution in [0.4, 0.5) is 9.80 Å². The van der Waals surface area contributed by atoms with Crippen molar-refractivity contribution in [3.63, 3.8) is 0 Å². The Morgan fingerprint density at radius 2 is 2.29 bits per heavy atom. The number of rotatable bonds is 3. The van der Waals surface area contributed by atoms with Crippen molar-refractivity contribution < 1.29 is 9.53 Å². The first-order valence-electron chi connectivity index (χ1n) is 5.36. The highest BCUT2D eigenvalue weighted by Crippen LogP contribution is 2.22. The quantitative estimate of drug-likeness (QED) is 0.871. The van der Waals surface area contributed by atoms with Crippen molar-refractivity contribution in [1.82, 2.24) is 0 Å². The Balaban J connectivity index is 2.55. The van der Waals surface area contributed by atoms with Crippen molar-refractivity contribution in [3.05, 3.63) is 23.1 Å². The van der Waals surface area contributed by atoms with Crippen LogP contribution >= 0.6 is 11.3 Å². The van der Waals surface area contributed by atoms with E-state index in [0.717, 1.165) is 10.6 Å². The first kappa shape index (κ1) is 13.7. The van der Waals surface area contributed by atoms with Crippen molar-refractivity contribution in [3.8, 4) is 0 Å². The summed E-state index contributed by atoms with van der Waals surface area (Å²) in [6.07, 6.45) is 3.34. The Labute approximate surface area is 105 Å². The summed E-state index contributed by atoms with van der Waals surface area (Å²) in [6, 6.07) is 1.88. The number of carbonyl (C=O) groups is 1. The van der Waals surface area contributed by atoms with Gasteiger partial charge in [-0.3, -0.25) is 5.32 Å². The van der Waals surface area contributed by atoms with Crippen molar-refractivity contribution in [2.24, 2.45) is 5.73 Å². The molecule has 0 fully saturated rings. The molecule has 0 aliphatic rings. The third kappa shape index (κ3) is 5.51. The highest BCUT2D eigenvalue weighted by molar-refractivity contribution is 7.14. The van der Waals surface area contributed by atoms with Crippen molar-refractivity contribution in [2.75, 3.05) is 11.9 Å². The molecule has 0 spiro atoms. The molecule has 1 amide bonds. The molecule has 0 aromatic carbocycles. The molecule has 4 nitrogen and oxygen atoms in total. The van der Waals surface area contributed by atoms with Crippen LogP contribution < -0.4 is 11.1 Å². The lowest BCUT2D eigenvalue weighted by molar-refractivity contribution is 0.0636. The topological polar surface area (TPSA) is 64.3 Å². The average molecular weight is 254 g/mol. The van der Waals surface area contributed by atoms with Gasteiger partial charge < -0.3 is 10.5 Å². The number of thiophene rings is 1. The van der Waals surface area contributed by atoms with E-state index in [-0.39, 0.29) is 0 Å². The molecule has 0 aliphatic carbocycles. The van der Waals surface area contributed by atoms with Gasteiger partial charge in [0.2, 0.25) is 0 Å². The molecule has 0 radical (unpaired) electrons. The molecular weight excluding hydrogens is 236 g/mol. The van der Waals surface area contributed by atoms with Crippen LogP contribution in [0.1, 0.15) is 26.3 Å². The van der Waals surface area contributed by atoms with Crippen LogP contribution in [0.25, 0.3) is 6.08 Å². The van der Waals surface area contributed by atoms with Crippen LogP contribution in [0.5, 0.6) is 0 Å². The lowest BCUT2D eigenvalue weighted by Crippen LogP contribution is -2.26. The summed E-state index contributed by atoms with van der Waals surface area (Å²) in [6.45, 7) is 5.99. The van der Waals surface area contributed by atoms with Crippen LogP contribution in [0.3, 0.4) is 0 Å². The average Bonchev–Trinajstić information content (AvgIpc) is 2.59. The standard InChI is InChI=1S/C12H18N2O2S/c1-12(2,3)16-11(15)14-10-7-9(8-17-10)5-4-6-13/h4-5,7-8H,6,13H2,1-3H3,(H,14,15). The van der Waals surface area contributed by atoms with Gasteiger partial charge in [-0.25, -0.2) is 4.79 Å². The number of hydrogen-bond donors (Lipinski definition) is 2. The van der Waals surface area contributed by atoms with E-state index in [1.807, 2.05) is 44.4 Å². The smallest absolute Gasteiger partial charge is 0.412 e. The van der Waals surface area contributed by atoms with E-state index < -0.39 is 11.7 Å². The summed E-state index contributed by atoms with van der Waals surface area (Å²) in [4.78, 5) is 11.5. The van der Waals surface area contributed by atoms with Crippen molar-refractivity contribution in [1.29, 1.82) is 0 Å². The number of nitrogens with one attached hydrogen (secondary N) is 1. The number of hydrogen-bond acceptors (Lipinski definition) is 4. The molecule has 0 saturated heterocycles. The molecule has 0 bridgehead atoms. The number of nitrogens with two attached hydrogens (primary N) is 1. The van der Waals surface area contributed by atoms with Gasteiger partial charge in [-0.1, -0.05) is 12.2 Å². The molecule has 1 aromatic heterocycles. The number of ether oxygens (including phenoxy) is 1. The molecule has 3 N–H and O–H groups in total. The third-order valence-electron chi connectivity index (χ3n) is 1.69. The minimum absolute atomic E-state index is 0.436. The Bertz CT molecular complexity index is 405. The van der Waals surface area contributed by atoms with Crippen molar-refractivity contribution >= 4 is 28.5 Å². The van der Waals surface area contributed by atoms with Gasteiger partial charge in [0.1, 0.15) is 5.60 Å². The fraction of sp³-hybridized carbons (Fsp3) is 0.417. The maximum absolute atomic E-state index is 11.5. The lowest BCUT2D eigenvalue weighted by atomic mass is 10.2. The summed E-state index contributed by atoms with van der Waals surface area (Å²) in [5.74, 6) is 0. The normalized spacial score (nSPS) is 11.8. The Morgan fingerprint density at radius 3 is 2.88 bits per heavy atom. The minimum atomic E-state index is -0.483. The molecule has 1 aromatic rings. The second kappa shape index (κ2) is 5.84. The monoisotopic (exact) mass is 254 g/mol. The largest absolute Gasteiger partial charge is 0.444 e. The molecule has 0 aliphatic heterocycles. The van der Waals surface area contributed by atoms with Crippen LogP contribution in [-0.2, 0) is 4.74 Å². The molecule has 0 atom stereocenters. The van der Waals surface area contributed by atoms with Gasteiger partial charge in [0, 0.05) is 11.9 Å². The first-order chi connectivity index (χ1) is 7.90. The van der Waals surface area contributed by atoms with Crippen LogP contribution in [0.2, 0.25) is 0 Å². The maximum Gasteiger partial charge on any atom is 0.412 e. The predicted molar refractivity (Wildman–Crippen MR) is 72.3 cm³/mol. The zero-order chi connectivity index (χ0) is 12.9. The fourth-order valence-corrected chi connectivity index (χ4v) is 1.87.